The minimum Gasteiger partial charge on any atom is -0.379 e. The number of hydrogen-bond acceptors (Lipinski definition) is 3. The normalized spacial score (nSPS) is 18.2. The third-order valence-electron chi connectivity index (χ3n) is 2.81. The van der Waals surface area contributed by atoms with Crippen molar-refractivity contribution in [2.45, 2.75) is 11.1 Å². The van der Waals surface area contributed by atoms with E-state index < -0.39 is 21.8 Å². The van der Waals surface area contributed by atoms with Gasteiger partial charge in [0.1, 0.15) is 0 Å². The van der Waals surface area contributed by atoms with Crippen LogP contribution in [0.25, 0.3) is 0 Å². The van der Waals surface area contributed by atoms with Gasteiger partial charge in [-0.2, -0.15) is 17.5 Å². The molecule has 1 aromatic carbocycles. The van der Waals surface area contributed by atoms with Gasteiger partial charge in [0.2, 0.25) is 10.0 Å². The molecule has 1 aliphatic rings. The lowest BCUT2D eigenvalue weighted by Gasteiger charge is -2.26. The molecule has 1 heterocycles. The largest absolute Gasteiger partial charge is 0.416 e. The maximum atomic E-state index is 12.7. The molecular weight excluding hydrogens is 363 g/mol. The molecule has 9 heteroatoms. The Morgan fingerprint density at radius 1 is 1.15 bits per heavy atom. The first kappa shape index (κ1) is 15.7. The van der Waals surface area contributed by atoms with E-state index in [2.05, 4.69) is 15.9 Å². The monoisotopic (exact) mass is 373 g/mol. The van der Waals surface area contributed by atoms with Gasteiger partial charge in [0.15, 0.2) is 0 Å². The molecule has 0 aromatic heterocycles. The number of halogens is 4. The lowest BCUT2D eigenvalue weighted by molar-refractivity contribution is -0.137. The fourth-order valence-corrected chi connectivity index (χ4v) is 3.94. The van der Waals surface area contributed by atoms with Gasteiger partial charge >= 0.3 is 6.18 Å². The fraction of sp³-hybridized carbons (Fsp3) is 0.455. The minimum atomic E-state index is -4.60. The fourth-order valence-electron chi connectivity index (χ4n) is 1.81. The molecule has 2 rings (SSSR count). The van der Waals surface area contributed by atoms with E-state index in [4.69, 9.17) is 4.74 Å². The smallest absolute Gasteiger partial charge is 0.379 e. The predicted molar refractivity (Wildman–Crippen MR) is 68.7 cm³/mol. The molecular formula is C11H11BrF3NO3S. The van der Waals surface area contributed by atoms with E-state index in [0.29, 0.717) is 6.07 Å². The van der Waals surface area contributed by atoms with Crippen molar-refractivity contribution in [2.24, 2.45) is 0 Å². The number of nitrogens with zero attached hydrogens (tertiary/aromatic N) is 1. The van der Waals surface area contributed by atoms with E-state index in [1.54, 1.807) is 0 Å². The first-order valence-corrected chi connectivity index (χ1v) is 7.90. The molecule has 0 saturated carbocycles. The topological polar surface area (TPSA) is 46.6 Å². The Morgan fingerprint density at radius 2 is 1.75 bits per heavy atom. The summed E-state index contributed by atoms with van der Waals surface area (Å²) in [5.74, 6) is 0. The van der Waals surface area contributed by atoms with Crippen molar-refractivity contribution in [1.29, 1.82) is 0 Å². The summed E-state index contributed by atoms with van der Waals surface area (Å²) in [7, 11) is -3.94. The van der Waals surface area contributed by atoms with E-state index in [-0.39, 0.29) is 35.7 Å². The number of benzene rings is 1. The molecule has 0 unspecified atom stereocenters. The molecule has 0 radical (unpaired) electrons. The van der Waals surface area contributed by atoms with E-state index in [1.807, 2.05) is 0 Å². The Labute approximate surface area is 122 Å². The Morgan fingerprint density at radius 3 is 2.30 bits per heavy atom. The van der Waals surface area contributed by atoms with Crippen molar-refractivity contribution in [3.05, 3.63) is 28.2 Å². The van der Waals surface area contributed by atoms with Crippen LogP contribution in [-0.2, 0) is 20.9 Å². The summed E-state index contributed by atoms with van der Waals surface area (Å²) in [6.07, 6.45) is -4.60. The summed E-state index contributed by atoms with van der Waals surface area (Å²) in [5, 5.41) is 0. The summed E-state index contributed by atoms with van der Waals surface area (Å²) in [6, 6.07) is 2.66. The van der Waals surface area contributed by atoms with Crippen molar-refractivity contribution in [2.75, 3.05) is 26.3 Å². The van der Waals surface area contributed by atoms with Crippen LogP contribution in [0.3, 0.4) is 0 Å². The van der Waals surface area contributed by atoms with E-state index in [0.717, 1.165) is 10.4 Å². The summed E-state index contributed by atoms with van der Waals surface area (Å²) in [5.41, 5.74) is -1.00. The minimum absolute atomic E-state index is 0.0687. The van der Waals surface area contributed by atoms with Crippen molar-refractivity contribution < 1.29 is 26.3 Å². The standard InChI is InChI=1S/C11H11BrF3NO3S/c12-9-5-8(11(13,14)15)6-10(7-9)20(17,18)16-1-3-19-4-2-16/h5-7H,1-4H2. The summed E-state index contributed by atoms with van der Waals surface area (Å²) in [6.45, 7) is 0.741. The number of morpholine rings is 1. The quantitative estimate of drug-likeness (QED) is 0.799. The average Bonchev–Trinajstić information content (AvgIpc) is 2.38. The zero-order valence-corrected chi connectivity index (χ0v) is 12.6. The molecule has 1 aromatic rings. The van der Waals surface area contributed by atoms with Gasteiger partial charge in [-0.1, -0.05) is 15.9 Å². The Bertz CT molecular complexity index is 597. The summed E-state index contributed by atoms with van der Waals surface area (Å²) >= 11 is 2.91. The van der Waals surface area contributed by atoms with Crippen LogP contribution in [0.2, 0.25) is 0 Å². The van der Waals surface area contributed by atoms with Crippen LogP contribution in [-0.4, -0.2) is 39.0 Å². The second kappa shape index (κ2) is 5.63. The lowest BCUT2D eigenvalue weighted by atomic mass is 10.2. The first-order chi connectivity index (χ1) is 9.21. The number of alkyl halides is 3. The molecule has 1 saturated heterocycles. The number of sulfonamides is 1. The van der Waals surface area contributed by atoms with Gasteiger partial charge in [-0.25, -0.2) is 8.42 Å². The van der Waals surface area contributed by atoms with Crippen LogP contribution in [0.5, 0.6) is 0 Å². The molecule has 4 nitrogen and oxygen atoms in total. The Hall–Kier alpha value is -0.640. The van der Waals surface area contributed by atoms with Gasteiger partial charge < -0.3 is 4.74 Å². The van der Waals surface area contributed by atoms with E-state index in [1.165, 1.54) is 6.07 Å². The molecule has 0 bridgehead atoms. The van der Waals surface area contributed by atoms with E-state index >= 15 is 0 Å². The van der Waals surface area contributed by atoms with Crippen LogP contribution in [0.15, 0.2) is 27.6 Å². The highest BCUT2D eigenvalue weighted by molar-refractivity contribution is 9.10. The van der Waals surface area contributed by atoms with Gasteiger partial charge in [-0.15, -0.1) is 0 Å². The number of rotatable bonds is 2. The average molecular weight is 374 g/mol. The predicted octanol–water partition coefficient (Wildman–Crippen LogP) is 2.49. The van der Waals surface area contributed by atoms with Gasteiger partial charge in [0.25, 0.3) is 0 Å². The molecule has 0 atom stereocenters. The van der Waals surface area contributed by atoms with Crippen LogP contribution in [0, 0.1) is 0 Å². The Balaban J connectivity index is 2.43. The highest BCUT2D eigenvalue weighted by Crippen LogP contribution is 2.33. The third kappa shape index (κ3) is 3.33. The van der Waals surface area contributed by atoms with E-state index in [9.17, 15) is 21.6 Å². The van der Waals surface area contributed by atoms with Crippen molar-refractivity contribution >= 4 is 26.0 Å². The first-order valence-electron chi connectivity index (χ1n) is 5.67. The van der Waals surface area contributed by atoms with Crippen LogP contribution >= 0.6 is 15.9 Å². The SMILES string of the molecule is O=S(=O)(c1cc(Br)cc(C(F)(F)F)c1)N1CCOCC1. The maximum Gasteiger partial charge on any atom is 0.416 e. The zero-order valence-electron chi connectivity index (χ0n) is 10.2. The van der Waals surface area contributed by atoms with Crippen molar-refractivity contribution in [1.82, 2.24) is 4.31 Å². The second-order valence-electron chi connectivity index (χ2n) is 4.19. The summed E-state index contributed by atoms with van der Waals surface area (Å²) in [4.78, 5) is -0.374. The Kier molecular flexibility index (Phi) is 4.43. The molecule has 0 N–H and O–H groups in total. The second-order valence-corrected chi connectivity index (χ2v) is 7.04. The highest BCUT2D eigenvalue weighted by Gasteiger charge is 2.34. The van der Waals surface area contributed by atoms with Gasteiger partial charge in [-0.05, 0) is 18.2 Å². The number of hydrogen-bond donors (Lipinski definition) is 0. The molecule has 0 amide bonds. The van der Waals surface area contributed by atoms with Gasteiger partial charge in [0.05, 0.1) is 23.7 Å². The molecule has 1 fully saturated rings. The van der Waals surface area contributed by atoms with Crippen LogP contribution in [0.4, 0.5) is 13.2 Å². The van der Waals surface area contributed by atoms with Gasteiger partial charge in [-0.3, -0.25) is 0 Å². The number of ether oxygens (including phenoxy) is 1. The molecule has 0 aliphatic carbocycles. The molecule has 0 spiro atoms. The highest BCUT2D eigenvalue weighted by atomic mass is 79.9. The van der Waals surface area contributed by atoms with Crippen molar-refractivity contribution in [3.8, 4) is 0 Å². The lowest BCUT2D eigenvalue weighted by Crippen LogP contribution is -2.40. The van der Waals surface area contributed by atoms with Crippen molar-refractivity contribution in [3.63, 3.8) is 0 Å². The zero-order chi connectivity index (χ0) is 15.0. The van der Waals surface area contributed by atoms with Crippen LogP contribution in [0.1, 0.15) is 5.56 Å². The third-order valence-corrected chi connectivity index (χ3v) is 5.14. The van der Waals surface area contributed by atoms with Gasteiger partial charge in [0, 0.05) is 17.6 Å². The maximum absolute atomic E-state index is 12.7. The molecule has 112 valence electrons. The molecule has 1 aliphatic heterocycles. The van der Waals surface area contributed by atoms with Crippen LogP contribution < -0.4 is 0 Å². The molecule has 20 heavy (non-hydrogen) atoms. The summed E-state index contributed by atoms with van der Waals surface area (Å²) < 4.78 is 69.0.